The Kier molecular flexibility index (Phi) is 8.42. The van der Waals surface area contributed by atoms with Crippen LogP contribution in [0.4, 0.5) is 0 Å². The molecule has 14 atom stereocenters. The van der Waals surface area contributed by atoms with Crippen molar-refractivity contribution in [3.63, 3.8) is 0 Å². The molecule has 6 fully saturated rings. The Morgan fingerprint density at radius 1 is 0.902 bits per heavy atom. The fourth-order valence-corrected chi connectivity index (χ4v) is 12.5. The Hall–Kier alpha value is -0.650. The molecule has 234 valence electrons. The maximum atomic E-state index is 13.1. The monoisotopic (exact) mass is 572 g/mol. The Bertz CT molecular complexity index is 952. The van der Waals surface area contributed by atoms with Gasteiger partial charge in [0, 0.05) is 6.42 Å². The minimum atomic E-state index is -0.349. The number of hydrogen-bond donors (Lipinski definition) is 3. The highest BCUT2D eigenvalue weighted by atomic mass is 16.6. The summed E-state index contributed by atoms with van der Waals surface area (Å²) in [5.74, 6) is 3.57. The van der Waals surface area contributed by atoms with Crippen molar-refractivity contribution in [1.82, 2.24) is 0 Å². The van der Waals surface area contributed by atoms with E-state index in [0.29, 0.717) is 41.9 Å². The second-order valence-electron chi connectivity index (χ2n) is 16.6. The van der Waals surface area contributed by atoms with Gasteiger partial charge in [-0.25, -0.2) is 0 Å². The van der Waals surface area contributed by atoms with Crippen LogP contribution in [-0.2, 0) is 9.53 Å². The van der Waals surface area contributed by atoms with Gasteiger partial charge in [-0.3, -0.25) is 4.79 Å². The maximum Gasteiger partial charge on any atom is 0.306 e. The van der Waals surface area contributed by atoms with Gasteiger partial charge in [0.05, 0.1) is 18.3 Å². The van der Waals surface area contributed by atoms with Gasteiger partial charge in [0.25, 0.3) is 0 Å². The highest BCUT2D eigenvalue weighted by Gasteiger charge is 2.65. The highest BCUT2D eigenvalue weighted by Crippen LogP contribution is 2.68. The first kappa shape index (κ1) is 30.4. The molecular weight excluding hydrogens is 512 g/mol. The van der Waals surface area contributed by atoms with Crippen LogP contribution in [0.5, 0.6) is 0 Å². The van der Waals surface area contributed by atoms with Crippen LogP contribution in [0, 0.1) is 58.2 Å². The number of ether oxygens (including phenoxy) is 1. The molecule has 0 aromatic carbocycles. The van der Waals surface area contributed by atoms with Gasteiger partial charge in [0.15, 0.2) is 0 Å². The zero-order valence-corrected chi connectivity index (χ0v) is 26.5. The number of rotatable bonds is 7. The molecule has 0 aromatic heterocycles. The van der Waals surface area contributed by atoms with Crippen LogP contribution in [-0.4, -0.2) is 45.2 Å². The van der Waals surface area contributed by atoms with Crippen LogP contribution in [0.15, 0.2) is 0 Å². The van der Waals surface area contributed by atoms with Crippen molar-refractivity contribution >= 4 is 5.97 Å². The fourth-order valence-electron chi connectivity index (χ4n) is 12.5. The maximum absolute atomic E-state index is 13.1. The molecule has 0 heterocycles. The molecule has 3 N–H and O–H groups in total. The van der Waals surface area contributed by atoms with Crippen molar-refractivity contribution < 1.29 is 24.9 Å². The highest BCUT2D eigenvalue weighted by molar-refractivity contribution is 5.70. The van der Waals surface area contributed by atoms with Gasteiger partial charge in [0.1, 0.15) is 5.60 Å². The van der Waals surface area contributed by atoms with Crippen molar-refractivity contribution in [2.45, 2.75) is 161 Å². The second kappa shape index (κ2) is 11.4. The van der Waals surface area contributed by atoms with E-state index in [2.05, 4.69) is 27.7 Å². The molecule has 6 rings (SSSR count). The van der Waals surface area contributed by atoms with E-state index in [-0.39, 0.29) is 46.6 Å². The Morgan fingerprint density at radius 2 is 1.71 bits per heavy atom. The Balaban J connectivity index is 1.07. The molecule has 6 aliphatic carbocycles. The van der Waals surface area contributed by atoms with Crippen molar-refractivity contribution in [2.24, 2.45) is 58.2 Å². The zero-order chi connectivity index (χ0) is 29.2. The number of fused-ring (bicyclic) bond motifs is 7. The molecule has 6 saturated carbocycles. The van der Waals surface area contributed by atoms with E-state index >= 15 is 0 Å². The van der Waals surface area contributed by atoms with Crippen molar-refractivity contribution in [3.05, 3.63) is 0 Å². The van der Waals surface area contributed by atoms with Gasteiger partial charge in [-0.2, -0.15) is 0 Å². The molecule has 0 aromatic rings. The molecular formula is C36H60O5. The van der Waals surface area contributed by atoms with E-state index in [4.69, 9.17) is 4.74 Å². The zero-order valence-electron chi connectivity index (χ0n) is 26.5. The summed E-state index contributed by atoms with van der Waals surface area (Å²) < 4.78 is 6.35. The lowest BCUT2D eigenvalue weighted by Gasteiger charge is -2.63. The van der Waals surface area contributed by atoms with Gasteiger partial charge in [-0.1, -0.05) is 40.5 Å². The van der Waals surface area contributed by atoms with Crippen LogP contribution < -0.4 is 0 Å². The second-order valence-corrected chi connectivity index (χ2v) is 16.6. The van der Waals surface area contributed by atoms with E-state index in [0.717, 1.165) is 76.5 Å². The van der Waals surface area contributed by atoms with E-state index < -0.39 is 0 Å². The third-order valence-electron chi connectivity index (χ3n) is 15.0. The Labute approximate surface area is 249 Å². The quantitative estimate of drug-likeness (QED) is 0.285. The van der Waals surface area contributed by atoms with Crippen LogP contribution >= 0.6 is 0 Å². The van der Waals surface area contributed by atoms with Crippen LogP contribution in [0.1, 0.15) is 137 Å². The number of carbonyl (C=O) groups excluding carboxylic acids is 1. The summed E-state index contributed by atoms with van der Waals surface area (Å²) >= 11 is 0. The molecule has 0 radical (unpaired) electrons. The average molecular weight is 573 g/mol. The van der Waals surface area contributed by atoms with Gasteiger partial charge in [-0.05, 0) is 148 Å². The normalized spacial score (nSPS) is 51.7. The van der Waals surface area contributed by atoms with Gasteiger partial charge in [-0.15, -0.1) is 0 Å². The molecule has 5 heteroatoms. The summed E-state index contributed by atoms with van der Waals surface area (Å²) in [6.45, 7) is 9.29. The smallest absolute Gasteiger partial charge is 0.306 e. The van der Waals surface area contributed by atoms with Crippen molar-refractivity contribution in [3.8, 4) is 0 Å². The van der Waals surface area contributed by atoms with E-state index in [9.17, 15) is 20.1 Å². The SMILES string of the molecule is CC[C@]1(OC(=O)CCC[C@@H](C)[C@H]2CC[C@H]3[C@@H]4[C@H](O)C[C@@H]5C[C@H](O)CC[C@]5(C)[C@H]4C[C@H](O)[C@]23C)CC[C@@H]2CCC[C@H]1C2. The summed E-state index contributed by atoms with van der Waals surface area (Å²) in [6.07, 6.45) is 16.3. The molecule has 2 bridgehead atoms. The lowest BCUT2D eigenvalue weighted by molar-refractivity contribution is -0.207. The third kappa shape index (κ3) is 5.04. The summed E-state index contributed by atoms with van der Waals surface area (Å²) in [7, 11) is 0. The van der Waals surface area contributed by atoms with E-state index in [1.54, 1.807) is 0 Å². The molecule has 0 saturated heterocycles. The first-order chi connectivity index (χ1) is 19.5. The van der Waals surface area contributed by atoms with Crippen LogP contribution in [0.3, 0.4) is 0 Å². The fraction of sp³-hybridized carbons (Fsp3) is 0.972. The van der Waals surface area contributed by atoms with E-state index in [1.807, 2.05) is 0 Å². The summed E-state index contributed by atoms with van der Waals surface area (Å²) in [4.78, 5) is 13.1. The van der Waals surface area contributed by atoms with Crippen LogP contribution in [0.25, 0.3) is 0 Å². The predicted octanol–water partition coefficient (Wildman–Crippen LogP) is 7.05. The molecule has 0 amide bonds. The van der Waals surface area contributed by atoms with Crippen LogP contribution in [0.2, 0.25) is 0 Å². The van der Waals surface area contributed by atoms with Gasteiger partial charge >= 0.3 is 5.97 Å². The van der Waals surface area contributed by atoms with Crippen molar-refractivity contribution in [2.75, 3.05) is 0 Å². The minimum Gasteiger partial charge on any atom is -0.459 e. The molecule has 5 nitrogen and oxygen atoms in total. The average Bonchev–Trinajstić information content (AvgIpc) is 3.30. The molecule has 0 unspecified atom stereocenters. The number of carbonyl (C=O) groups is 1. The molecule has 0 spiro atoms. The number of aliphatic hydroxyl groups is 3. The molecule has 41 heavy (non-hydrogen) atoms. The van der Waals surface area contributed by atoms with Crippen molar-refractivity contribution in [1.29, 1.82) is 0 Å². The summed E-state index contributed by atoms with van der Waals surface area (Å²) in [6, 6.07) is 0. The molecule has 0 aliphatic heterocycles. The standard InChI is InChI=1S/C36H60O5/c1-5-36(17-14-23-9-7-10-24(36)18-23)41-32(40)11-6-8-22(2)27-12-13-28-33-29(21-31(39)35(27,28)4)34(3)16-15-26(37)19-25(34)20-30(33)38/h22-31,33,37-39H,5-21H2,1-4H3/t22-,23+,24+,25+,26-,27-,28+,29+,30-,31+,33+,34+,35-,36+/m1/s1. The summed E-state index contributed by atoms with van der Waals surface area (Å²) in [5.41, 5.74) is -0.283. The number of esters is 1. The van der Waals surface area contributed by atoms with Gasteiger partial charge in [0.2, 0.25) is 0 Å². The van der Waals surface area contributed by atoms with E-state index in [1.165, 1.54) is 32.1 Å². The Morgan fingerprint density at radius 3 is 2.49 bits per heavy atom. The largest absolute Gasteiger partial charge is 0.459 e. The number of aliphatic hydroxyl groups excluding tert-OH is 3. The lowest BCUT2D eigenvalue weighted by Crippen LogP contribution is -2.62. The lowest BCUT2D eigenvalue weighted by atomic mass is 9.43. The number of hydrogen-bond acceptors (Lipinski definition) is 5. The minimum absolute atomic E-state index is 0.00449. The topological polar surface area (TPSA) is 87.0 Å². The first-order valence-corrected chi connectivity index (χ1v) is 17.8. The third-order valence-corrected chi connectivity index (χ3v) is 15.0. The predicted molar refractivity (Wildman–Crippen MR) is 161 cm³/mol. The first-order valence-electron chi connectivity index (χ1n) is 17.8. The summed E-state index contributed by atoms with van der Waals surface area (Å²) in [5, 5.41) is 33.8. The van der Waals surface area contributed by atoms with Gasteiger partial charge < -0.3 is 20.1 Å². The molecule has 6 aliphatic rings.